The number of amidine groups is 1. The number of benzene rings is 1. The number of hydrogen-bond donors (Lipinski definition) is 2. The first-order valence-electron chi connectivity index (χ1n) is 10.9. The van der Waals surface area contributed by atoms with Crippen molar-refractivity contribution in [2.24, 2.45) is 4.99 Å². The summed E-state index contributed by atoms with van der Waals surface area (Å²) in [5.74, 6) is 2.83. The number of hydrogen-bond acceptors (Lipinski definition) is 6. The molecule has 1 saturated heterocycles. The number of anilines is 2. The molecule has 4 rings (SSSR count). The molecule has 2 aromatic rings. The van der Waals surface area contributed by atoms with Gasteiger partial charge in [0.25, 0.3) is 5.91 Å². The number of likely N-dealkylation sites (tertiary alicyclic amines) is 1. The smallest absolute Gasteiger partial charge is 0.254 e. The Bertz CT molecular complexity index is 1010. The number of fused-ring (bicyclic) bond motifs is 1. The van der Waals surface area contributed by atoms with Crippen LogP contribution in [0, 0.1) is 0 Å². The zero-order chi connectivity index (χ0) is 22.9. The third kappa shape index (κ3) is 4.35. The van der Waals surface area contributed by atoms with E-state index in [-0.39, 0.29) is 17.0 Å². The molecule has 1 aromatic heterocycles. The molecule has 1 aromatic carbocycles. The number of aliphatic imine (C=N–C) groups is 1. The zero-order valence-corrected chi connectivity index (χ0v) is 19.4. The molecule has 170 valence electrons. The molecule has 2 N–H and O–H groups in total. The minimum atomic E-state index is -0.369. The van der Waals surface area contributed by atoms with Crippen LogP contribution in [0.1, 0.15) is 44.0 Å². The number of rotatable bonds is 3. The SMILES string of the molecule is COc1cc(OC)cc(C(=O)N2CCC3(CC2)Nc2cccnc2NC3=NC(C)(C)C)c1. The van der Waals surface area contributed by atoms with Crippen molar-refractivity contribution in [1.82, 2.24) is 9.88 Å². The second-order valence-electron chi connectivity index (χ2n) is 9.26. The van der Waals surface area contributed by atoms with Crippen molar-refractivity contribution >= 4 is 23.2 Å². The van der Waals surface area contributed by atoms with Gasteiger partial charge in [0.15, 0.2) is 5.82 Å². The number of carbonyl (C=O) groups excluding carboxylic acids is 1. The monoisotopic (exact) mass is 437 g/mol. The maximum Gasteiger partial charge on any atom is 0.254 e. The van der Waals surface area contributed by atoms with E-state index in [1.807, 2.05) is 17.0 Å². The van der Waals surface area contributed by atoms with E-state index in [9.17, 15) is 4.79 Å². The van der Waals surface area contributed by atoms with E-state index in [0.717, 1.165) is 30.2 Å². The largest absolute Gasteiger partial charge is 0.497 e. The van der Waals surface area contributed by atoms with Gasteiger partial charge in [0.05, 0.1) is 31.0 Å². The van der Waals surface area contributed by atoms with Gasteiger partial charge in [0, 0.05) is 30.9 Å². The van der Waals surface area contributed by atoms with E-state index in [1.165, 1.54) is 0 Å². The molecular formula is C24H31N5O3. The predicted molar refractivity (Wildman–Crippen MR) is 126 cm³/mol. The van der Waals surface area contributed by atoms with Crippen LogP contribution in [0.5, 0.6) is 11.5 Å². The Balaban J connectivity index is 1.58. The van der Waals surface area contributed by atoms with Gasteiger partial charge < -0.3 is 25.0 Å². The predicted octanol–water partition coefficient (Wildman–Crippen LogP) is 3.81. The van der Waals surface area contributed by atoms with Gasteiger partial charge in [-0.2, -0.15) is 0 Å². The molecular weight excluding hydrogens is 406 g/mol. The number of nitrogens with zero attached hydrogens (tertiary/aromatic N) is 3. The number of carbonyl (C=O) groups is 1. The molecule has 1 fully saturated rings. The van der Waals surface area contributed by atoms with Crippen LogP contribution in [0.15, 0.2) is 41.5 Å². The molecule has 0 atom stereocenters. The first-order chi connectivity index (χ1) is 15.2. The van der Waals surface area contributed by atoms with Crippen LogP contribution < -0.4 is 20.1 Å². The molecule has 8 nitrogen and oxygen atoms in total. The Labute approximate surface area is 189 Å². The lowest BCUT2D eigenvalue weighted by atomic mass is 9.83. The number of amides is 1. The molecule has 0 unspecified atom stereocenters. The van der Waals surface area contributed by atoms with Crippen LogP contribution in [-0.2, 0) is 0 Å². The van der Waals surface area contributed by atoms with Gasteiger partial charge in [-0.15, -0.1) is 0 Å². The highest BCUT2D eigenvalue weighted by molar-refractivity contribution is 6.09. The molecule has 0 aliphatic carbocycles. The summed E-state index contributed by atoms with van der Waals surface area (Å²) < 4.78 is 10.7. The van der Waals surface area contributed by atoms with E-state index in [2.05, 4.69) is 36.4 Å². The van der Waals surface area contributed by atoms with Crippen LogP contribution in [0.2, 0.25) is 0 Å². The van der Waals surface area contributed by atoms with E-state index < -0.39 is 0 Å². The van der Waals surface area contributed by atoms with E-state index >= 15 is 0 Å². The fourth-order valence-corrected chi connectivity index (χ4v) is 4.19. The lowest BCUT2D eigenvalue weighted by Crippen LogP contribution is -2.59. The topological polar surface area (TPSA) is 88.1 Å². The Morgan fingerprint density at radius 2 is 1.78 bits per heavy atom. The fraction of sp³-hybridized carbons (Fsp3) is 0.458. The number of aromatic nitrogens is 1. The van der Waals surface area contributed by atoms with Gasteiger partial charge in [0.1, 0.15) is 17.3 Å². The summed E-state index contributed by atoms with van der Waals surface area (Å²) in [6.07, 6.45) is 3.23. The number of pyridine rings is 1. The summed E-state index contributed by atoms with van der Waals surface area (Å²) in [7, 11) is 3.16. The minimum Gasteiger partial charge on any atom is -0.497 e. The van der Waals surface area contributed by atoms with Crippen LogP contribution in [0.4, 0.5) is 11.5 Å². The quantitative estimate of drug-likeness (QED) is 0.759. The molecule has 0 radical (unpaired) electrons. The van der Waals surface area contributed by atoms with Gasteiger partial charge in [0.2, 0.25) is 0 Å². The first kappa shape index (κ1) is 21.9. The van der Waals surface area contributed by atoms with Gasteiger partial charge in [-0.05, 0) is 57.9 Å². The minimum absolute atomic E-state index is 0.0304. The van der Waals surface area contributed by atoms with Gasteiger partial charge in [-0.3, -0.25) is 9.79 Å². The highest BCUT2D eigenvalue weighted by atomic mass is 16.5. The van der Waals surface area contributed by atoms with Crippen molar-refractivity contribution in [2.45, 2.75) is 44.7 Å². The van der Waals surface area contributed by atoms with Gasteiger partial charge in [-0.1, -0.05) is 0 Å². The summed E-state index contributed by atoms with van der Waals surface area (Å²) >= 11 is 0. The maximum absolute atomic E-state index is 13.3. The number of piperidine rings is 1. The standard InChI is InChI=1S/C24H31N5O3/c1-23(2,3)28-22-24(27-19-7-6-10-25-20(19)26-22)8-11-29(12-9-24)21(30)16-13-17(31-4)15-18(14-16)32-5/h6-7,10,13-15,27H,8-9,11-12H2,1-5H3,(H,25,26,28). The zero-order valence-electron chi connectivity index (χ0n) is 19.4. The molecule has 0 saturated carbocycles. The molecule has 1 spiro atoms. The van der Waals surface area contributed by atoms with Crippen LogP contribution in [-0.4, -0.2) is 60.0 Å². The third-order valence-electron chi connectivity index (χ3n) is 5.82. The van der Waals surface area contributed by atoms with Crippen molar-refractivity contribution in [2.75, 3.05) is 37.9 Å². The first-order valence-corrected chi connectivity index (χ1v) is 10.9. The fourth-order valence-electron chi connectivity index (χ4n) is 4.19. The second kappa shape index (κ2) is 8.33. The summed E-state index contributed by atoms with van der Waals surface area (Å²) in [5.41, 5.74) is 0.905. The lowest BCUT2D eigenvalue weighted by Gasteiger charge is -2.46. The Kier molecular flexibility index (Phi) is 5.71. The lowest BCUT2D eigenvalue weighted by molar-refractivity contribution is 0.0704. The molecule has 3 heterocycles. The molecule has 2 aliphatic heterocycles. The van der Waals surface area contributed by atoms with Crippen LogP contribution >= 0.6 is 0 Å². The maximum atomic E-state index is 13.3. The molecule has 8 heteroatoms. The summed E-state index contributed by atoms with van der Waals surface area (Å²) in [5, 5.41) is 7.15. The van der Waals surface area contributed by atoms with E-state index in [1.54, 1.807) is 38.6 Å². The molecule has 1 amide bonds. The number of methoxy groups -OCH3 is 2. The number of nitrogens with one attached hydrogen (secondary N) is 2. The van der Waals surface area contributed by atoms with E-state index in [0.29, 0.717) is 30.2 Å². The highest BCUT2D eigenvalue weighted by Gasteiger charge is 2.44. The highest BCUT2D eigenvalue weighted by Crippen LogP contribution is 2.37. The second-order valence-corrected chi connectivity index (χ2v) is 9.26. The molecule has 32 heavy (non-hydrogen) atoms. The van der Waals surface area contributed by atoms with Crippen molar-refractivity contribution in [3.63, 3.8) is 0 Å². The Morgan fingerprint density at radius 1 is 1.12 bits per heavy atom. The molecule has 0 bridgehead atoms. The van der Waals surface area contributed by atoms with Gasteiger partial charge in [-0.25, -0.2) is 4.98 Å². The van der Waals surface area contributed by atoms with Crippen LogP contribution in [0.3, 0.4) is 0 Å². The normalized spacial score (nSPS) is 18.5. The van der Waals surface area contributed by atoms with Crippen molar-refractivity contribution in [3.8, 4) is 11.5 Å². The average Bonchev–Trinajstić information content (AvgIpc) is 2.78. The number of ether oxygens (including phenoxy) is 2. The van der Waals surface area contributed by atoms with Crippen LogP contribution in [0.25, 0.3) is 0 Å². The Morgan fingerprint density at radius 3 is 2.38 bits per heavy atom. The Hall–Kier alpha value is -3.29. The van der Waals surface area contributed by atoms with Crippen molar-refractivity contribution in [3.05, 3.63) is 42.1 Å². The summed E-state index contributed by atoms with van der Waals surface area (Å²) in [6.45, 7) is 7.45. The molecule has 2 aliphatic rings. The summed E-state index contributed by atoms with van der Waals surface area (Å²) in [4.78, 5) is 24.6. The van der Waals surface area contributed by atoms with Crippen molar-refractivity contribution in [1.29, 1.82) is 0 Å². The van der Waals surface area contributed by atoms with E-state index in [4.69, 9.17) is 14.5 Å². The van der Waals surface area contributed by atoms with Gasteiger partial charge >= 0.3 is 0 Å². The average molecular weight is 438 g/mol. The third-order valence-corrected chi connectivity index (χ3v) is 5.82. The summed E-state index contributed by atoms with van der Waals surface area (Å²) in [6, 6.07) is 9.21. The van der Waals surface area contributed by atoms with Crippen molar-refractivity contribution < 1.29 is 14.3 Å².